The van der Waals surface area contributed by atoms with Crippen LogP contribution in [0.4, 0.5) is 0 Å². The van der Waals surface area contributed by atoms with Crippen LogP contribution >= 0.6 is 11.3 Å². The van der Waals surface area contributed by atoms with Crippen LogP contribution in [0.15, 0.2) is 24.3 Å². The molecule has 64 valence electrons. The molecule has 2 heteroatoms. The van der Waals surface area contributed by atoms with Gasteiger partial charge in [0.2, 0.25) is 0 Å². The van der Waals surface area contributed by atoms with Gasteiger partial charge in [0.05, 0.1) is 12.5 Å². The van der Waals surface area contributed by atoms with Crippen molar-refractivity contribution in [1.82, 2.24) is 0 Å². The molecule has 0 atom stereocenters. The summed E-state index contributed by atoms with van der Waals surface area (Å²) in [5.41, 5.74) is 1.27. The van der Waals surface area contributed by atoms with E-state index in [1.165, 1.54) is 20.5 Å². The Labute approximate surface area is 81.2 Å². The van der Waals surface area contributed by atoms with Crippen LogP contribution in [0, 0.1) is 18.3 Å². The van der Waals surface area contributed by atoms with Crippen molar-refractivity contribution in [2.75, 3.05) is 0 Å². The molecule has 0 aliphatic heterocycles. The quantitative estimate of drug-likeness (QED) is 0.672. The van der Waals surface area contributed by atoms with Gasteiger partial charge in [-0.3, -0.25) is 0 Å². The molecule has 0 spiro atoms. The molecule has 0 amide bonds. The molecule has 2 aromatic rings. The number of thiophene rings is 1. The zero-order valence-corrected chi connectivity index (χ0v) is 8.19. The van der Waals surface area contributed by atoms with Crippen molar-refractivity contribution in [1.29, 1.82) is 5.26 Å². The van der Waals surface area contributed by atoms with Gasteiger partial charge in [-0.2, -0.15) is 5.26 Å². The second kappa shape index (κ2) is 3.20. The second-order valence-corrected chi connectivity index (χ2v) is 4.12. The topological polar surface area (TPSA) is 23.8 Å². The lowest BCUT2D eigenvalue weighted by atomic mass is 10.1. The van der Waals surface area contributed by atoms with Crippen molar-refractivity contribution in [2.45, 2.75) is 13.3 Å². The molecule has 0 saturated heterocycles. The summed E-state index contributed by atoms with van der Waals surface area (Å²) in [7, 11) is 0. The number of nitrogens with zero attached hydrogens (tertiary/aromatic N) is 1. The maximum absolute atomic E-state index is 8.63. The molecule has 0 aliphatic rings. The van der Waals surface area contributed by atoms with Crippen molar-refractivity contribution in [3.05, 3.63) is 34.7 Å². The van der Waals surface area contributed by atoms with Crippen LogP contribution < -0.4 is 0 Å². The van der Waals surface area contributed by atoms with Crippen molar-refractivity contribution in [2.24, 2.45) is 0 Å². The van der Waals surface area contributed by atoms with E-state index in [1.807, 2.05) is 12.1 Å². The maximum atomic E-state index is 8.63. The van der Waals surface area contributed by atoms with Crippen molar-refractivity contribution >= 4 is 21.4 Å². The average molecular weight is 187 g/mol. The second-order valence-electron chi connectivity index (χ2n) is 2.98. The summed E-state index contributed by atoms with van der Waals surface area (Å²) in [6, 6.07) is 10.5. The van der Waals surface area contributed by atoms with E-state index >= 15 is 0 Å². The lowest BCUT2D eigenvalue weighted by Crippen LogP contribution is -1.77. The maximum Gasteiger partial charge on any atom is 0.0698 e. The van der Waals surface area contributed by atoms with Crippen LogP contribution in [-0.4, -0.2) is 0 Å². The molecule has 0 saturated carbocycles. The van der Waals surface area contributed by atoms with Crippen LogP contribution in [-0.2, 0) is 6.42 Å². The first kappa shape index (κ1) is 8.28. The van der Waals surface area contributed by atoms with E-state index in [-0.39, 0.29) is 0 Å². The van der Waals surface area contributed by atoms with Gasteiger partial charge in [-0.15, -0.1) is 11.3 Å². The molecule has 13 heavy (non-hydrogen) atoms. The summed E-state index contributed by atoms with van der Waals surface area (Å²) in [4.78, 5) is 1.20. The number of benzene rings is 1. The standard InChI is InChI=1S/C11H9NS/c1-8-9-4-2-3-5-11(9)13-10(8)6-7-12/h2-5H,6H2,1H3. The fourth-order valence-electron chi connectivity index (χ4n) is 1.47. The smallest absolute Gasteiger partial charge is 0.0698 e. The molecule has 1 aromatic carbocycles. The van der Waals surface area contributed by atoms with Gasteiger partial charge >= 0.3 is 0 Å². The monoisotopic (exact) mass is 187 g/mol. The van der Waals surface area contributed by atoms with Gasteiger partial charge in [0.15, 0.2) is 0 Å². The number of hydrogen-bond acceptors (Lipinski definition) is 2. The van der Waals surface area contributed by atoms with Gasteiger partial charge < -0.3 is 0 Å². The molecule has 2 rings (SSSR count). The largest absolute Gasteiger partial charge is 0.198 e. The predicted octanol–water partition coefficient (Wildman–Crippen LogP) is 3.28. The van der Waals surface area contributed by atoms with E-state index in [1.54, 1.807) is 11.3 Å². The number of aryl methyl sites for hydroxylation is 1. The normalized spacial score (nSPS) is 10.2. The summed E-state index contributed by atoms with van der Waals surface area (Å²) < 4.78 is 1.28. The first-order chi connectivity index (χ1) is 6.33. The Bertz CT molecular complexity index is 476. The predicted molar refractivity (Wildman–Crippen MR) is 55.9 cm³/mol. The van der Waals surface area contributed by atoms with Gasteiger partial charge in [0.25, 0.3) is 0 Å². The van der Waals surface area contributed by atoms with Gasteiger partial charge in [0.1, 0.15) is 0 Å². The van der Waals surface area contributed by atoms with E-state index in [9.17, 15) is 0 Å². The number of rotatable bonds is 1. The van der Waals surface area contributed by atoms with Crippen LogP contribution in [0.25, 0.3) is 10.1 Å². The molecular formula is C11H9NS. The first-order valence-corrected chi connectivity index (χ1v) is 4.98. The number of nitriles is 1. The highest BCUT2D eigenvalue weighted by Crippen LogP contribution is 2.30. The molecule has 0 N–H and O–H groups in total. The highest BCUT2D eigenvalue weighted by molar-refractivity contribution is 7.19. The Morgan fingerprint density at radius 2 is 2.15 bits per heavy atom. The molecule has 0 aliphatic carbocycles. The fraction of sp³-hybridized carbons (Fsp3) is 0.182. The van der Waals surface area contributed by atoms with Crippen LogP contribution in [0.1, 0.15) is 10.4 Å². The Kier molecular flexibility index (Phi) is 2.03. The van der Waals surface area contributed by atoms with E-state index in [4.69, 9.17) is 5.26 Å². The van der Waals surface area contributed by atoms with Crippen molar-refractivity contribution in [3.63, 3.8) is 0 Å². The highest BCUT2D eigenvalue weighted by atomic mass is 32.1. The lowest BCUT2D eigenvalue weighted by Gasteiger charge is -1.90. The molecule has 1 heterocycles. The average Bonchev–Trinajstić information content (AvgIpc) is 2.46. The third-order valence-corrected chi connectivity index (χ3v) is 3.45. The van der Waals surface area contributed by atoms with Crippen molar-refractivity contribution < 1.29 is 0 Å². The Morgan fingerprint density at radius 1 is 1.38 bits per heavy atom. The Hall–Kier alpha value is -1.33. The van der Waals surface area contributed by atoms with Gasteiger partial charge in [-0.05, 0) is 23.9 Å². The minimum absolute atomic E-state index is 0.533. The minimum atomic E-state index is 0.533. The zero-order valence-electron chi connectivity index (χ0n) is 7.37. The minimum Gasteiger partial charge on any atom is -0.198 e. The summed E-state index contributed by atoms with van der Waals surface area (Å²) in [6.07, 6.45) is 0.533. The van der Waals surface area contributed by atoms with E-state index in [0.717, 1.165) is 0 Å². The highest BCUT2D eigenvalue weighted by Gasteiger charge is 2.06. The lowest BCUT2D eigenvalue weighted by molar-refractivity contribution is 1.28. The Balaban J connectivity index is 2.68. The molecule has 0 fully saturated rings. The molecule has 0 radical (unpaired) electrons. The summed E-state index contributed by atoms with van der Waals surface area (Å²) in [5, 5.41) is 9.92. The van der Waals surface area contributed by atoms with Gasteiger partial charge in [0, 0.05) is 9.58 Å². The number of fused-ring (bicyclic) bond motifs is 1. The van der Waals surface area contributed by atoms with Crippen LogP contribution in [0.2, 0.25) is 0 Å². The van der Waals surface area contributed by atoms with Crippen LogP contribution in [0.5, 0.6) is 0 Å². The fourth-order valence-corrected chi connectivity index (χ4v) is 2.61. The Morgan fingerprint density at radius 3 is 2.85 bits per heavy atom. The van der Waals surface area contributed by atoms with Gasteiger partial charge in [-0.1, -0.05) is 18.2 Å². The third kappa shape index (κ3) is 1.32. The van der Waals surface area contributed by atoms with Crippen LogP contribution in [0.3, 0.4) is 0 Å². The number of hydrogen-bond donors (Lipinski definition) is 0. The molecule has 0 unspecified atom stereocenters. The molecule has 1 nitrogen and oxygen atoms in total. The molecular weight excluding hydrogens is 178 g/mol. The molecule has 0 bridgehead atoms. The zero-order chi connectivity index (χ0) is 9.26. The van der Waals surface area contributed by atoms with Crippen molar-refractivity contribution in [3.8, 4) is 6.07 Å². The third-order valence-electron chi connectivity index (χ3n) is 2.18. The van der Waals surface area contributed by atoms with E-state index in [0.29, 0.717) is 6.42 Å². The summed E-state index contributed by atoms with van der Waals surface area (Å²) >= 11 is 1.73. The van der Waals surface area contributed by atoms with E-state index < -0.39 is 0 Å². The van der Waals surface area contributed by atoms with Gasteiger partial charge in [-0.25, -0.2) is 0 Å². The summed E-state index contributed by atoms with van der Waals surface area (Å²) in [5.74, 6) is 0. The SMILES string of the molecule is Cc1c(CC#N)sc2ccccc12. The first-order valence-electron chi connectivity index (χ1n) is 4.17. The molecule has 1 aromatic heterocycles. The summed E-state index contributed by atoms with van der Waals surface area (Å²) in [6.45, 7) is 2.09. The van der Waals surface area contributed by atoms with E-state index in [2.05, 4.69) is 25.1 Å².